The topological polar surface area (TPSA) is 44.5 Å². The molecule has 1 rings (SSSR count). The Morgan fingerprint density at radius 2 is 1.95 bits per heavy atom. The zero-order chi connectivity index (χ0) is 15.2. The van der Waals surface area contributed by atoms with Gasteiger partial charge in [-0.1, -0.05) is 15.9 Å². The molecule has 0 radical (unpaired) electrons. The number of alkyl halides is 3. The van der Waals surface area contributed by atoms with E-state index in [4.69, 9.17) is 10.5 Å². The summed E-state index contributed by atoms with van der Waals surface area (Å²) in [6.07, 6.45) is -3.90. The van der Waals surface area contributed by atoms with Gasteiger partial charge in [0.1, 0.15) is 12.4 Å². The molecule has 0 aromatic heterocycles. The van der Waals surface area contributed by atoms with Gasteiger partial charge in [0, 0.05) is 23.0 Å². The average molecular weight is 356 g/mol. The number of hydrogen-bond donors (Lipinski definition) is 1. The first-order valence-corrected chi connectivity index (χ1v) is 6.89. The van der Waals surface area contributed by atoms with Gasteiger partial charge in [-0.05, 0) is 24.6 Å². The van der Waals surface area contributed by atoms with Crippen LogP contribution in [0.3, 0.4) is 0 Å². The molecule has 0 saturated carbocycles. The van der Waals surface area contributed by atoms with Crippen LogP contribution in [-0.2, 0) is 11.3 Å². The Kier molecular flexibility index (Phi) is 6.78. The van der Waals surface area contributed by atoms with Crippen molar-refractivity contribution in [1.29, 1.82) is 0 Å². The van der Waals surface area contributed by atoms with Crippen LogP contribution in [0.5, 0.6) is 5.75 Å². The highest BCUT2D eigenvalue weighted by Crippen LogP contribution is 2.27. The summed E-state index contributed by atoms with van der Waals surface area (Å²) in [5.74, 6) is 0.687. The van der Waals surface area contributed by atoms with Crippen LogP contribution in [0, 0.1) is 6.92 Å². The maximum Gasteiger partial charge on any atom is 0.411 e. The summed E-state index contributed by atoms with van der Waals surface area (Å²) in [5, 5.41) is 0. The lowest BCUT2D eigenvalue weighted by atomic mass is 10.1. The van der Waals surface area contributed by atoms with Crippen molar-refractivity contribution in [2.75, 3.05) is 19.8 Å². The third-order valence-corrected chi connectivity index (χ3v) is 2.94. The molecule has 1 aromatic carbocycles. The number of benzene rings is 1. The van der Waals surface area contributed by atoms with E-state index in [0.717, 1.165) is 15.6 Å². The molecule has 20 heavy (non-hydrogen) atoms. The molecule has 0 unspecified atom stereocenters. The number of halogens is 4. The van der Waals surface area contributed by atoms with E-state index in [2.05, 4.69) is 20.7 Å². The summed E-state index contributed by atoms with van der Waals surface area (Å²) in [5.41, 5.74) is 7.42. The number of ether oxygens (including phenoxy) is 2. The normalized spacial score (nSPS) is 11.7. The first kappa shape index (κ1) is 17.3. The molecule has 0 aliphatic carbocycles. The van der Waals surface area contributed by atoms with Crippen LogP contribution in [0.15, 0.2) is 16.6 Å². The Labute approximate surface area is 124 Å². The molecular weight excluding hydrogens is 339 g/mol. The summed E-state index contributed by atoms with van der Waals surface area (Å²) in [7, 11) is 0. The fourth-order valence-corrected chi connectivity index (χ4v) is 2.30. The van der Waals surface area contributed by atoms with E-state index in [9.17, 15) is 13.2 Å². The molecule has 0 heterocycles. The highest BCUT2D eigenvalue weighted by molar-refractivity contribution is 9.10. The van der Waals surface area contributed by atoms with E-state index < -0.39 is 12.8 Å². The van der Waals surface area contributed by atoms with Gasteiger partial charge in [-0.2, -0.15) is 13.2 Å². The first-order valence-electron chi connectivity index (χ1n) is 6.10. The van der Waals surface area contributed by atoms with Crippen LogP contribution in [0.4, 0.5) is 13.2 Å². The van der Waals surface area contributed by atoms with Crippen LogP contribution < -0.4 is 10.5 Å². The van der Waals surface area contributed by atoms with Crippen LogP contribution in [0.25, 0.3) is 0 Å². The van der Waals surface area contributed by atoms with Gasteiger partial charge in [-0.3, -0.25) is 0 Å². The summed E-state index contributed by atoms with van der Waals surface area (Å²) >= 11 is 3.37. The van der Waals surface area contributed by atoms with Gasteiger partial charge in [0.25, 0.3) is 0 Å². The SMILES string of the molecule is Cc1cc(Br)cc(CN)c1OCCCOCC(F)(F)F. The third-order valence-electron chi connectivity index (χ3n) is 2.48. The van der Waals surface area contributed by atoms with E-state index >= 15 is 0 Å². The molecule has 0 amide bonds. The molecule has 114 valence electrons. The molecule has 0 atom stereocenters. The lowest BCUT2D eigenvalue weighted by Gasteiger charge is -2.14. The Morgan fingerprint density at radius 3 is 2.55 bits per heavy atom. The van der Waals surface area contributed by atoms with Crippen molar-refractivity contribution in [2.45, 2.75) is 26.1 Å². The van der Waals surface area contributed by atoms with Crippen molar-refractivity contribution in [2.24, 2.45) is 5.73 Å². The highest BCUT2D eigenvalue weighted by atomic mass is 79.9. The number of hydrogen-bond acceptors (Lipinski definition) is 3. The number of aryl methyl sites for hydroxylation is 1. The molecule has 0 aliphatic rings. The first-order chi connectivity index (χ1) is 9.33. The van der Waals surface area contributed by atoms with E-state index in [0.29, 0.717) is 18.7 Å². The monoisotopic (exact) mass is 355 g/mol. The molecule has 0 fully saturated rings. The predicted octanol–water partition coefficient (Wildman–Crippen LogP) is 3.56. The van der Waals surface area contributed by atoms with E-state index in [1.807, 2.05) is 19.1 Å². The van der Waals surface area contributed by atoms with Crippen LogP contribution in [-0.4, -0.2) is 26.0 Å². The van der Waals surface area contributed by atoms with Gasteiger partial charge in [0.15, 0.2) is 0 Å². The Bertz CT molecular complexity index is 438. The predicted molar refractivity (Wildman–Crippen MR) is 73.8 cm³/mol. The third kappa shape index (κ3) is 6.11. The van der Waals surface area contributed by atoms with E-state index in [1.54, 1.807) is 0 Å². The van der Waals surface area contributed by atoms with Gasteiger partial charge >= 0.3 is 6.18 Å². The van der Waals surface area contributed by atoms with Crippen molar-refractivity contribution in [1.82, 2.24) is 0 Å². The number of rotatable bonds is 7. The molecule has 7 heteroatoms. The largest absolute Gasteiger partial charge is 0.493 e. The van der Waals surface area contributed by atoms with Gasteiger partial charge in [-0.15, -0.1) is 0 Å². The molecular formula is C13H17BrF3NO2. The fraction of sp³-hybridized carbons (Fsp3) is 0.538. The highest BCUT2D eigenvalue weighted by Gasteiger charge is 2.27. The van der Waals surface area contributed by atoms with Gasteiger partial charge in [0.05, 0.1) is 13.2 Å². The molecule has 1 aromatic rings. The standard InChI is InChI=1S/C13H17BrF3NO2/c1-9-5-11(14)6-10(7-18)12(9)20-4-2-3-19-8-13(15,16)17/h5-6H,2-4,7-8,18H2,1H3. The molecule has 0 saturated heterocycles. The minimum atomic E-state index is -4.28. The summed E-state index contributed by atoms with van der Waals surface area (Å²) in [6, 6.07) is 3.76. The Morgan fingerprint density at radius 1 is 1.25 bits per heavy atom. The second-order valence-corrected chi connectivity index (χ2v) is 5.20. The van der Waals surface area contributed by atoms with Crippen LogP contribution in [0.2, 0.25) is 0 Å². The van der Waals surface area contributed by atoms with Gasteiger partial charge < -0.3 is 15.2 Å². The zero-order valence-electron chi connectivity index (χ0n) is 11.1. The minimum Gasteiger partial charge on any atom is -0.493 e. The average Bonchev–Trinajstić information content (AvgIpc) is 2.33. The molecule has 0 spiro atoms. The van der Waals surface area contributed by atoms with E-state index in [1.165, 1.54) is 0 Å². The number of nitrogens with two attached hydrogens (primary N) is 1. The molecule has 2 N–H and O–H groups in total. The second kappa shape index (κ2) is 7.85. The van der Waals surface area contributed by atoms with Crippen molar-refractivity contribution >= 4 is 15.9 Å². The molecule has 0 bridgehead atoms. The van der Waals surface area contributed by atoms with Crippen LogP contribution >= 0.6 is 15.9 Å². The quantitative estimate of drug-likeness (QED) is 0.760. The lowest BCUT2D eigenvalue weighted by molar-refractivity contribution is -0.174. The zero-order valence-corrected chi connectivity index (χ0v) is 12.7. The van der Waals surface area contributed by atoms with Gasteiger partial charge in [-0.25, -0.2) is 0 Å². The summed E-state index contributed by atoms with van der Waals surface area (Å²) < 4.78 is 46.5. The maximum atomic E-state index is 11.8. The molecule has 3 nitrogen and oxygen atoms in total. The lowest BCUT2D eigenvalue weighted by Crippen LogP contribution is -2.18. The fourth-order valence-electron chi connectivity index (χ4n) is 1.68. The maximum absolute atomic E-state index is 11.8. The second-order valence-electron chi connectivity index (χ2n) is 4.28. The smallest absolute Gasteiger partial charge is 0.411 e. The van der Waals surface area contributed by atoms with Crippen molar-refractivity contribution < 1.29 is 22.6 Å². The van der Waals surface area contributed by atoms with Crippen molar-refractivity contribution in [3.8, 4) is 5.75 Å². The van der Waals surface area contributed by atoms with Crippen LogP contribution in [0.1, 0.15) is 17.5 Å². The van der Waals surface area contributed by atoms with E-state index in [-0.39, 0.29) is 13.2 Å². The van der Waals surface area contributed by atoms with Crippen molar-refractivity contribution in [3.05, 3.63) is 27.7 Å². The summed E-state index contributed by atoms with van der Waals surface area (Å²) in [6.45, 7) is 1.29. The summed E-state index contributed by atoms with van der Waals surface area (Å²) in [4.78, 5) is 0. The Hall–Kier alpha value is -0.790. The minimum absolute atomic E-state index is 0.00699. The van der Waals surface area contributed by atoms with Gasteiger partial charge in [0.2, 0.25) is 0 Å². The Balaban J connectivity index is 2.39. The molecule has 0 aliphatic heterocycles. The van der Waals surface area contributed by atoms with Crippen molar-refractivity contribution in [3.63, 3.8) is 0 Å².